The van der Waals surface area contributed by atoms with Gasteiger partial charge in [-0.05, 0) is 115 Å². The number of aliphatic imine (C=N–C) groups is 2. The minimum absolute atomic E-state index is 0.0103. The highest BCUT2D eigenvalue weighted by molar-refractivity contribution is 7.78. The van der Waals surface area contributed by atoms with Gasteiger partial charge in [-0.25, -0.2) is 9.98 Å². The summed E-state index contributed by atoms with van der Waals surface area (Å²) < 4.78 is 6.72. The Morgan fingerprint density at radius 2 is 1.62 bits per heavy atom. The van der Waals surface area contributed by atoms with Crippen molar-refractivity contribution in [1.29, 1.82) is 0 Å². The van der Waals surface area contributed by atoms with Gasteiger partial charge in [0.1, 0.15) is 0 Å². The molecule has 162 valence electrons. The predicted molar refractivity (Wildman–Crippen MR) is 124 cm³/mol. The molecule has 29 heavy (non-hydrogen) atoms. The summed E-state index contributed by atoms with van der Waals surface area (Å²) in [6.45, 7) is 10.4. The Balaban J connectivity index is 2.08. The summed E-state index contributed by atoms with van der Waals surface area (Å²) in [4.78, 5) is 9.14. The van der Waals surface area contributed by atoms with Crippen LogP contribution in [0.3, 0.4) is 0 Å². The molecule has 0 bridgehead atoms. The molecule has 7 heteroatoms. The van der Waals surface area contributed by atoms with Crippen molar-refractivity contribution < 1.29 is 9.84 Å². The van der Waals surface area contributed by atoms with Gasteiger partial charge in [-0.15, -0.1) is 11.6 Å². The fourth-order valence-electron chi connectivity index (χ4n) is 6.45. The normalized spacial score (nSPS) is 49.3. The molecule has 1 heterocycles. The topological polar surface area (TPSA) is 54.2 Å². The van der Waals surface area contributed by atoms with Crippen molar-refractivity contribution >= 4 is 46.4 Å². The van der Waals surface area contributed by atoms with E-state index in [4.69, 9.17) is 40.8 Å². The maximum atomic E-state index is 11.2. The zero-order valence-corrected chi connectivity index (χ0v) is 20.5. The van der Waals surface area contributed by atoms with E-state index < -0.39 is 11.2 Å². The molecule has 4 nitrogen and oxygen atoms in total. The number of isothiocyanates is 2. The smallest absolute Gasteiger partial charge is 0.0922 e. The monoisotopic (exact) mass is 456 g/mol. The number of nitrogens with zero attached hydrogens (tertiary/aromatic N) is 2. The highest BCUT2D eigenvalue weighted by Gasteiger charge is 2.61. The third kappa shape index (κ3) is 4.15. The summed E-state index contributed by atoms with van der Waals surface area (Å²) in [6.07, 6.45) is 5.17. The molecule has 3 fully saturated rings. The zero-order valence-electron chi connectivity index (χ0n) is 18.1. The number of alkyl halides is 1. The number of thiocarbonyl (C=S) groups is 2. The molecule has 0 aromatic heterocycles. The second-order valence-corrected chi connectivity index (χ2v) is 11.4. The van der Waals surface area contributed by atoms with Crippen molar-refractivity contribution in [2.45, 2.75) is 107 Å². The van der Waals surface area contributed by atoms with Crippen molar-refractivity contribution in [3.05, 3.63) is 0 Å². The van der Waals surface area contributed by atoms with Crippen LogP contribution in [0.15, 0.2) is 9.98 Å². The molecule has 1 aliphatic heterocycles. The first-order valence-corrected chi connectivity index (χ1v) is 11.9. The van der Waals surface area contributed by atoms with E-state index in [2.05, 4.69) is 48.0 Å². The average molecular weight is 457 g/mol. The van der Waals surface area contributed by atoms with Gasteiger partial charge in [-0.2, -0.15) is 0 Å². The molecule has 1 saturated heterocycles. The van der Waals surface area contributed by atoms with Crippen molar-refractivity contribution in [2.75, 3.05) is 0 Å². The van der Waals surface area contributed by atoms with E-state index in [1.807, 2.05) is 6.92 Å². The van der Waals surface area contributed by atoms with E-state index in [1.165, 1.54) is 0 Å². The van der Waals surface area contributed by atoms with Crippen molar-refractivity contribution in [2.24, 2.45) is 27.7 Å². The molecule has 2 saturated carbocycles. The molecule has 1 N–H and O–H groups in total. The van der Waals surface area contributed by atoms with Crippen LogP contribution >= 0.6 is 36.0 Å². The highest BCUT2D eigenvalue weighted by atomic mass is 35.5. The van der Waals surface area contributed by atoms with Crippen LogP contribution in [0.2, 0.25) is 0 Å². The highest BCUT2D eigenvalue weighted by Crippen LogP contribution is 2.58. The first kappa shape index (κ1) is 23.5. The first-order chi connectivity index (χ1) is 13.4. The number of hydrogen-bond donors (Lipinski definition) is 1. The van der Waals surface area contributed by atoms with Gasteiger partial charge in [0.25, 0.3) is 0 Å². The van der Waals surface area contributed by atoms with Crippen LogP contribution in [0.25, 0.3) is 0 Å². The Hall–Kier alpha value is -0.190. The SMILES string of the molecule is CC1(C)O[C@@](C)([C@H]2CC[C@](C)(N=C=S)[C@H]3CC[C@@](C)(O)[C@H](N=C=S)[C@H]23)CC[C@H]1Cl. The predicted octanol–water partition coefficient (Wildman–Crippen LogP) is 5.46. The molecule has 0 aromatic rings. The summed E-state index contributed by atoms with van der Waals surface area (Å²) in [5.41, 5.74) is -1.98. The summed E-state index contributed by atoms with van der Waals surface area (Å²) in [5, 5.41) is 16.4. The van der Waals surface area contributed by atoms with E-state index in [1.54, 1.807) is 0 Å². The summed E-state index contributed by atoms with van der Waals surface area (Å²) in [6, 6.07) is -0.332. The van der Waals surface area contributed by atoms with Crippen LogP contribution in [0, 0.1) is 17.8 Å². The fourth-order valence-corrected chi connectivity index (χ4v) is 6.93. The van der Waals surface area contributed by atoms with Gasteiger partial charge in [0.2, 0.25) is 0 Å². The van der Waals surface area contributed by atoms with Gasteiger partial charge >= 0.3 is 0 Å². The zero-order chi connectivity index (χ0) is 21.7. The third-order valence-corrected chi connectivity index (χ3v) is 9.02. The average Bonchev–Trinajstić information content (AvgIpc) is 2.61. The number of rotatable bonds is 3. The lowest BCUT2D eigenvalue weighted by Gasteiger charge is -2.60. The molecule has 2 aliphatic carbocycles. The molecule has 0 unspecified atom stereocenters. The van der Waals surface area contributed by atoms with Crippen LogP contribution in [-0.2, 0) is 4.74 Å². The quantitative estimate of drug-likeness (QED) is 0.348. The van der Waals surface area contributed by atoms with Crippen molar-refractivity contribution in [3.8, 4) is 0 Å². The lowest BCUT2D eigenvalue weighted by molar-refractivity contribution is -0.220. The van der Waals surface area contributed by atoms with Gasteiger partial charge in [-0.3, -0.25) is 0 Å². The van der Waals surface area contributed by atoms with Gasteiger partial charge in [0, 0.05) is 0 Å². The minimum atomic E-state index is -0.930. The molecule has 0 spiro atoms. The largest absolute Gasteiger partial charge is 0.388 e. The lowest BCUT2D eigenvalue weighted by atomic mass is 9.51. The van der Waals surface area contributed by atoms with Crippen LogP contribution in [0.1, 0.15) is 73.1 Å². The van der Waals surface area contributed by atoms with E-state index in [9.17, 15) is 5.11 Å². The van der Waals surface area contributed by atoms with E-state index >= 15 is 0 Å². The third-order valence-electron chi connectivity index (χ3n) is 8.07. The van der Waals surface area contributed by atoms with Crippen LogP contribution < -0.4 is 0 Å². The lowest BCUT2D eigenvalue weighted by Crippen LogP contribution is -2.64. The first-order valence-electron chi connectivity index (χ1n) is 10.6. The Bertz CT molecular complexity index is 747. The molecule has 0 aromatic carbocycles. The van der Waals surface area contributed by atoms with Gasteiger partial charge < -0.3 is 9.84 Å². The second-order valence-electron chi connectivity index (χ2n) is 10.5. The number of hydrogen-bond acceptors (Lipinski definition) is 6. The summed E-state index contributed by atoms with van der Waals surface area (Å²) in [5.74, 6) is 0.521. The molecule has 8 atom stereocenters. The Morgan fingerprint density at radius 1 is 0.966 bits per heavy atom. The standard InChI is InChI=1S/C22H33ClN2O2S2/c1-19(2)16(23)8-11-22(5,27-19)15-6-9-20(3,25-13-29)14-7-10-21(4,26)18(17(14)15)24-12-28/h14-18,26H,6-11H2,1-5H3/t14-,15-,16+,17-,18+,20-,21+,22+/m0/s1. The molecular weight excluding hydrogens is 424 g/mol. The molecule has 0 radical (unpaired) electrons. The molecular formula is C22H33ClN2O2S2. The van der Waals surface area contributed by atoms with Crippen molar-refractivity contribution in [1.82, 2.24) is 0 Å². The minimum Gasteiger partial charge on any atom is -0.388 e. The van der Waals surface area contributed by atoms with Gasteiger partial charge in [-0.1, -0.05) is 0 Å². The number of aliphatic hydroxyl groups is 1. The molecule has 0 amide bonds. The number of ether oxygens (including phenoxy) is 1. The van der Waals surface area contributed by atoms with E-state index in [-0.39, 0.29) is 40.3 Å². The van der Waals surface area contributed by atoms with Crippen LogP contribution in [0.5, 0.6) is 0 Å². The number of halogens is 1. The van der Waals surface area contributed by atoms with E-state index in [0.29, 0.717) is 6.42 Å². The Morgan fingerprint density at radius 3 is 2.21 bits per heavy atom. The number of fused-ring (bicyclic) bond motifs is 1. The second kappa shape index (κ2) is 8.06. The Kier molecular flexibility index (Phi) is 6.52. The van der Waals surface area contributed by atoms with E-state index in [0.717, 1.165) is 32.1 Å². The van der Waals surface area contributed by atoms with Gasteiger partial charge in [0.15, 0.2) is 0 Å². The van der Waals surface area contributed by atoms with Gasteiger partial charge in [0.05, 0.1) is 44.1 Å². The van der Waals surface area contributed by atoms with Crippen molar-refractivity contribution in [3.63, 3.8) is 0 Å². The summed E-state index contributed by atoms with van der Waals surface area (Å²) in [7, 11) is 0. The van der Waals surface area contributed by atoms with Crippen LogP contribution in [0.4, 0.5) is 0 Å². The molecule has 3 rings (SSSR count). The molecule has 3 aliphatic rings. The van der Waals surface area contributed by atoms with Crippen LogP contribution in [-0.4, -0.2) is 49.2 Å². The maximum Gasteiger partial charge on any atom is 0.0922 e. The Labute approximate surface area is 190 Å². The maximum absolute atomic E-state index is 11.2. The fraction of sp³-hybridized carbons (Fsp3) is 0.909. The summed E-state index contributed by atoms with van der Waals surface area (Å²) >= 11 is 16.5.